The molecule has 3 nitrogen and oxygen atoms in total. The van der Waals surface area contributed by atoms with E-state index in [-0.39, 0.29) is 0 Å². The molecule has 1 aromatic rings. The molecule has 0 radical (unpaired) electrons. The molecule has 1 aliphatic heterocycles. The van der Waals surface area contributed by atoms with Crippen LogP contribution in [0.3, 0.4) is 0 Å². The number of halogens is 1. The monoisotopic (exact) mass is 253 g/mol. The molecule has 0 saturated carbocycles. The molecule has 0 amide bonds. The van der Waals surface area contributed by atoms with Crippen molar-refractivity contribution in [1.82, 2.24) is 9.88 Å². The van der Waals surface area contributed by atoms with E-state index >= 15 is 0 Å². The fourth-order valence-corrected chi connectivity index (χ4v) is 2.09. The number of likely N-dealkylation sites (tertiary alicyclic amines) is 1. The largest absolute Gasteiger partial charge is 0.355 e. The maximum absolute atomic E-state index is 8.00. The van der Waals surface area contributed by atoms with E-state index in [4.69, 9.17) is 5.41 Å². The van der Waals surface area contributed by atoms with Crippen molar-refractivity contribution < 1.29 is 0 Å². The van der Waals surface area contributed by atoms with Crippen LogP contribution in [0.4, 0.5) is 0 Å². The van der Waals surface area contributed by atoms with Crippen LogP contribution in [0.2, 0.25) is 0 Å². The predicted octanol–water partition coefficient (Wildman–Crippen LogP) is 2.27. The molecule has 2 rings (SSSR count). The minimum Gasteiger partial charge on any atom is -0.355 e. The standard InChI is InChI=1S/C10H12BrN3/c11-8-4-3-5-13-9(8)10(12)14-6-1-2-7-14/h3-5,12H,1-2,6-7H2. The van der Waals surface area contributed by atoms with Crippen LogP contribution in [0.15, 0.2) is 22.8 Å². The molecule has 1 saturated heterocycles. The van der Waals surface area contributed by atoms with Gasteiger partial charge in [0.15, 0.2) is 0 Å². The first-order valence-electron chi connectivity index (χ1n) is 4.73. The lowest BCUT2D eigenvalue weighted by Gasteiger charge is -2.18. The molecule has 0 unspecified atom stereocenters. The Hall–Kier alpha value is -0.900. The smallest absolute Gasteiger partial charge is 0.148 e. The Bertz CT molecular complexity index is 345. The van der Waals surface area contributed by atoms with Crippen molar-refractivity contribution in [3.05, 3.63) is 28.5 Å². The maximum Gasteiger partial charge on any atom is 0.148 e. The van der Waals surface area contributed by atoms with Crippen molar-refractivity contribution in [1.29, 1.82) is 5.41 Å². The van der Waals surface area contributed by atoms with Crippen molar-refractivity contribution in [3.63, 3.8) is 0 Å². The SMILES string of the molecule is N=C(c1ncccc1Br)N1CCCC1. The van der Waals surface area contributed by atoms with Crippen molar-refractivity contribution in [2.45, 2.75) is 12.8 Å². The van der Waals surface area contributed by atoms with Gasteiger partial charge in [0, 0.05) is 23.8 Å². The highest BCUT2D eigenvalue weighted by Crippen LogP contribution is 2.17. The lowest BCUT2D eigenvalue weighted by Crippen LogP contribution is -2.28. The average Bonchev–Trinajstić information content (AvgIpc) is 2.70. The topological polar surface area (TPSA) is 40.0 Å². The van der Waals surface area contributed by atoms with E-state index in [9.17, 15) is 0 Å². The Morgan fingerprint density at radius 2 is 2.14 bits per heavy atom. The normalized spacial score (nSPS) is 15.9. The minimum absolute atomic E-state index is 0.537. The van der Waals surface area contributed by atoms with Crippen molar-refractivity contribution in [2.24, 2.45) is 0 Å². The number of hydrogen-bond acceptors (Lipinski definition) is 2. The van der Waals surface area contributed by atoms with Crippen LogP contribution in [0.25, 0.3) is 0 Å². The molecule has 4 heteroatoms. The number of nitrogens with zero attached hydrogens (tertiary/aromatic N) is 2. The molecule has 14 heavy (non-hydrogen) atoms. The quantitative estimate of drug-likeness (QED) is 0.616. The van der Waals surface area contributed by atoms with Crippen molar-refractivity contribution in [3.8, 4) is 0 Å². The van der Waals surface area contributed by atoms with Gasteiger partial charge in [0.05, 0.1) is 0 Å². The fraction of sp³-hybridized carbons (Fsp3) is 0.400. The molecule has 74 valence electrons. The average molecular weight is 254 g/mol. The first kappa shape index (κ1) is 9.65. The van der Waals surface area contributed by atoms with E-state index in [1.165, 1.54) is 12.8 Å². The van der Waals surface area contributed by atoms with E-state index in [1.54, 1.807) is 6.20 Å². The summed E-state index contributed by atoms with van der Waals surface area (Å²) in [5.41, 5.74) is 0.745. The van der Waals surface area contributed by atoms with Crippen LogP contribution in [0.1, 0.15) is 18.5 Å². The van der Waals surface area contributed by atoms with Crippen LogP contribution in [0, 0.1) is 5.41 Å². The van der Waals surface area contributed by atoms with Crippen molar-refractivity contribution in [2.75, 3.05) is 13.1 Å². The number of hydrogen-bond donors (Lipinski definition) is 1. The molecule has 0 aliphatic carbocycles. The number of aromatic nitrogens is 1. The number of amidine groups is 1. The summed E-state index contributed by atoms with van der Waals surface area (Å²) < 4.78 is 0.900. The van der Waals surface area contributed by atoms with Crippen LogP contribution in [-0.2, 0) is 0 Å². The molecule has 2 heterocycles. The summed E-state index contributed by atoms with van der Waals surface area (Å²) in [5.74, 6) is 0.537. The van der Waals surface area contributed by atoms with Crippen molar-refractivity contribution >= 4 is 21.8 Å². The lowest BCUT2D eigenvalue weighted by atomic mass is 10.3. The number of pyridine rings is 1. The summed E-state index contributed by atoms with van der Waals surface area (Å²) in [6, 6.07) is 3.79. The molecule has 0 spiro atoms. The van der Waals surface area contributed by atoms with E-state index in [1.807, 2.05) is 12.1 Å². The fourth-order valence-electron chi connectivity index (χ4n) is 1.65. The zero-order valence-corrected chi connectivity index (χ0v) is 9.42. The summed E-state index contributed by atoms with van der Waals surface area (Å²) in [6.45, 7) is 1.98. The van der Waals surface area contributed by atoms with Gasteiger partial charge in [-0.15, -0.1) is 0 Å². The van der Waals surface area contributed by atoms with Gasteiger partial charge in [-0.1, -0.05) is 0 Å². The van der Waals surface area contributed by atoms with Gasteiger partial charge < -0.3 is 4.90 Å². The predicted molar refractivity (Wildman–Crippen MR) is 59.6 cm³/mol. The van der Waals surface area contributed by atoms with Gasteiger partial charge in [-0.25, -0.2) is 0 Å². The lowest BCUT2D eigenvalue weighted by molar-refractivity contribution is 0.515. The van der Waals surface area contributed by atoms with Crippen LogP contribution in [-0.4, -0.2) is 28.8 Å². The van der Waals surface area contributed by atoms with E-state index in [2.05, 4.69) is 25.8 Å². The molecular weight excluding hydrogens is 242 g/mol. The van der Waals surface area contributed by atoms with Crippen LogP contribution in [0.5, 0.6) is 0 Å². The minimum atomic E-state index is 0.537. The van der Waals surface area contributed by atoms with Gasteiger partial charge in [0.25, 0.3) is 0 Å². The van der Waals surface area contributed by atoms with Crippen LogP contribution >= 0.6 is 15.9 Å². The zero-order chi connectivity index (χ0) is 9.97. The molecule has 1 aliphatic rings. The highest BCUT2D eigenvalue weighted by molar-refractivity contribution is 9.10. The van der Waals surface area contributed by atoms with Gasteiger partial charge in [-0.2, -0.15) is 0 Å². The third-order valence-electron chi connectivity index (χ3n) is 2.41. The second kappa shape index (κ2) is 4.09. The molecule has 1 aromatic heterocycles. The third-order valence-corrected chi connectivity index (χ3v) is 3.04. The molecule has 1 fully saturated rings. The van der Waals surface area contributed by atoms with E-state index in [0.29, 0.717) is 5.84 Å². The summed E-state index contributed by atoms with van der Waals surface area (Å²) in [6.07, 6.45) is 4.10. The summed E-state index contributed by atoms with van der Waals surface area (Å²) in [7, 11) is 0. The summed E-state index contributed by atoms with van der Waals surface area (Å²) >= 11 is 3.41. The summed E-state index contributed by atoms with van der Waals surface area (Å²) in [4.78, 5) is 6.29. The van der Waals surface area contributed by atoms with Gasteiger partial charge in [0.2, 0.25) is 0 Å². The van der Waals surface area contributed by atoms with E-state index in [0.717, 1.165) is 23.3 Å². The Morgan fingerprint density at radius 1 is 1.43 bits per heavy atom. The van der Waals surface area contributed by atoms with Gasteiger partial charge >= 0.3 is 0 Å². The third kappa shape index (κ3) is 1.80. The zero-order valence-electron chi connectivity index (χ0n) is 7.83. The Labute approximate surface area is 91.8 Å². The summed E-state index contributed by atoms with van der Waals surface area (Å²) in [5, 5.41) is 8.00. The second-order valence-electron chi connectivity index (χ2n) is 3.38. The molecule has 0 bridgehead atoms. The molecule has 0 aromatic carbocycles. The van der Waals surface area contributed by atoms with Crippen LogP contribution < -0.4 is 0 Å². The molecule has 0 atom stereocenters. The Kier molecular flexibility index (Phi) is 2.82. The van der Waals surface area contributed by atoms with Gasteiger partial charge in [0.1, 0.15) is 11.5 Å². The highest BCUT2D eigenvalue weighted by Gasteiger charge is 2.18. The highest BCUT2D eigenvalue weighted by atomic mass is 79.9. The maximum atomic E-state index is 8.00. The Balaban J connectivity index is 2.22. The molecule has 1 N–H and O–H groups in total. The van der Waals surface area contributed by atoms with Gasteiger partial charge in [-0.05, 0) is 40.9 Å². The Morgan fingerprint density at radius 3 is 2.79 bits per heavy atom. The van der Waals surface area contributed by atoms with Gasteiger partial charge in [-0.3, -0.25) is 10.4 Å². The number of rotatable bonds is 1. The second-order valence-corrected chi connectivity index (χ2v) is 4.23. The van der Waals surface area contributed by atoms with E-state index < -0.39 is 0 Å². The number of nitrogens with one attached hydrogen (secondary N) is 1. The first-order chi connectivity index (χ1) is 6.79. The molecular formula is C10H12BrN3. The first-order valence-corrected chi connectivity index (χ1v) is 5.53.